The smallest absolute Gasteiger partial charge is 0.264 e. The van der Waals surface area contributed by atoms with Gasteiger partial charge in [-0.05, 0) is 145 Å². The second kappa shape index (κ2) is 49.2. The van der Waals surface area contributed by atoms with Gasteiger partial charge in [0, 0.05) is 131 Å². The molecule has 125 heavy (non-hydrogen) atoms. The summed E-state index contributed by atoms with van der Waals surface area (Å²) in [5.41, 5.74) is 40.7. The van der Waals surface area contributed by atoms with Crippen LogP contribution in [0.4, 0.5) is 0 Å². The molecule has 3 saturated heterocycles. The molecule has 13 rings (SSSR count). The molecule has 8 aromatic carbocycles. The van der Waals surface area contributed by atoms with Crippen LogP contribution in [0.15, 0.2) is 275 Å². The van der Waals surface area contributed by atoms with Gasteiger partial charge in [-0.2, -0.15) is 0 Å². The maximum atomic E-state index is 14.0. The number of thiophene rings is 1. The molecule has 0 aliphatic carbocycles. The van der Waals surface area contributed by atoms with Gasteiger partial charge in [-0.15, -0.1) is 11.3 Å². The zero-order valence-electron chi connectivity index (χ0n) is 70.6. The molecule has 0 saturated carbocycles. The average Bonchev–Trinajstić information content (AvgIpc) is 1.82. The number of rotatable bonds is 35. The third-order valence-corrected chi connectivity index (χ3v) is 23.1. The Hall–Kier alpha value is -13.2. The van der Waals surface area contributed by atoms with Crippen molar-refractivity contribution in [3.63, 3.8) is 0 Å². The van der Waals surface area contributed by atoms with Crippen molar-refractivity contribution in [2.24, 2.45) is 49.4 Å². The number of aliphatic imine (C=N–C) groups is 3. The van der Waals surface area contributed by atoms with Gasteiger partial charge >= 0.3 is 0 Å². The number of benzene rings is 8. The zero-order chi connectivity index (χ0) is 87.9. The van der Waals surface area contributed by atoms with E-state index in [1.165, 1.54) is 17.2 Å². The number of phenolic OH excluding ortho intramolecular Hbond substituents is 1. The normalized spacial score (nSPS) is 18.3. The van der Waals surface area contributed by atoms with Crippen LogP contribution in [0.3, 0.4) is 0 Å². The lowest BCUT2D eigenvalue weighted by atomic mass is 9.90. The van der Waals surface area contributed by atoms with Gasteiger partial charge in [0.05, 0.1) is 18.1 Å². The van der Waals surface area contributed by atoms with Crippen molar-refractivity contribution in [1.82, 2.24) is 46.6 Å². The van der Waals surface area contributed by atoms with Crippen LogP contribution in [0.2, 0.25) is 0 Å². The highest BCUT2D eigenvalue weighted by Gasteiger charge is 2.37. The molecule has 4 aliphatic heterocycles. The molecule has 7 atom stereocenters. The number of nitrogens with one attached hydrogen (secondary N) is 6. The van der Waals surface area contributed by atoms with Gasteiger partial charge < -0.3 is 95.6 Å². The summed E-state index contributed by atoms with van der Waals surface area (Å²) in [6, 6.07) is 78.0. The van der Waals surface area contributed by atoms with E-state index in [9.17, 15) is 33.9 Å². The molecule has 656 valence electrons. The van der Waals surface area contributed by atoms with E-state index >= 15 is 0 Å². The van der Waals surface area contributed by atoms with Crippen LogP contribution in [-0.4, -0.2) is 201 Å². The number of amides is 6. The van der Waals surface area contributed by atoms with E-state index in [-0.39, 0.29) is 102 Å². The average molecular weight is 1710 g/mol. The molecule has 9 aromatic rings. The predicted molar refractivity (Wildman–Crippen MR) is 496 cm³/mol. The summed E-state index contributed by atoms with van der Waals surface area (Å²) < 4.78 is 11.6. The van der Waals surface area contributed by atoms with E-state index < -0.39 is 24.2 Å². The van der Waals surface area contributed by atoms with Gasteiger partial charge in [0.15, 0.2) is 29.4 Å². The number of aromatic hydroxyl groups is 1. The van der Waals surface area contributed by atoms with Crippen molar-refractivity contribution in [2.75, 3.05) is 85.1 Å². The number of hydrogen-bond donors (Lipinski definition) is 13. The number of guanidine groups is 3. The molecular formula is C97H118N18O9S. The fourth-order valence-corrected chi connectivity index (χ4v) is 16.4. The lowest BCUT2D eigenvalue weighted by Crippen LogP contribution is -2.51. The SMILES string of the molecule is NC(N)=NCCC[C@@H]1N[C@H](CNC(=O)/C=C/c2ccc(O)cc2)CCN(CC(c2ccccc2)c2ccccc2)C1=O.NC(N)=NCCC[C@@H]1N[C@H](CNC(=O)/C=C/c2cccs2)CCN(CC(c2ccccc2)c2ccccc2)C1=O.NC(N)=NCCC[C@@H]1N[C@H](CNC(=O)[C@H]2COc3ccccc3O2)CCN(CC(c2ccccc2)c2ccccc2)C1=O. The van der Waals surface area contributed by atoms with E-state index in [0.29, 0.717) is 141 Å². The minimum atomic E-state index is -0.744. The van der Waals surface area contributed by atoms with Crippen LogP contribution < -0.4 is 75.8 Å². The van der Waals surface area contributed by atoms with E-state index in [1.54, 1.807) is 53.8 Å². The Bertz CT molecular complexity index is 4850. The lowest BCUT2D eigenvalue weighted by molar-refractivity contribution is -0.133. The number of fused-ring (bicyclic) bond motifs is 1. The number of carbonyl (C=O) groups is 6. The van der Waals surface area contributed by atoms with E-state index in [2.05, 4.69) is 120 Å². The summed E-state index contributed by atoms with van der Waals surface area (Å²) in [7, 11) is 0. The summed E-state index contributed by atoms with van der Waals surface area (Å²) in [5, 5.41) is 30.9. The summed E-state index contributed by atoms with van der Waals surface area (Å²) >= 11 is 1.58. The van der Waals surface area contributed by atoms with Gasteiger partial charge in [-0.1, -0.05) is 212 Å². The summed E-state index contributed by atoms with van der Waals surface area (Å²) in [6.07, 6.45) is 11.5. The number of carbonyl (C=O) groups excluding carboxylic acids is 6. The molecular weight excluding hydrogens is 1590 g/mol. The van der Waals surface area contributed by atoms with Gasteiger partial charge in [-0.3, -0.25) is 43.7 Å². The summed E-state index contributed by atoms with van der Waals surface area (Å²) in [5.74, 6) is 1.08. The van der Waals surface area contributed by atoms with Crippen LogP contribution in [-0.2, 0) is 28.8 Å². The van der Waals surface area contributed by atoms with E-state index in [0.717, 1.165) is 39.1 Å². The first-order valence-electron chi connectivity index (χ1n) is 42.9. The summed E-state index contributed by atoms with van der Waals surface area (Å²) in [6.45, 7) is 6.02. The minimum Gasteiger partial charge on any atom is -0.508 e. The topological polar surface area (TPSA) is 416 Å². The number of phenols is 1. The first-order valence-corrected chi connectivity index (χ1v) is 43.7. The fraction of sp³-hybridized carbons (Fsp3) is 0.330. The van der Waals surface area contributed by atoms with Crippen molar-refractivity contribution in [2.45, 2.75) is 118 Å². The van der Waals surface area contributed by atoms with E-state index in [4.69, 9.17) is 43.9 Å². The monoisotopic (exact) mass is 1710 g/mol. The van der Waals surface area contributed by atoms with Crippen molar-refractivity contribution in [3.8, 4) is 17.2 Å². The lowest BCUT2D eigenvalue weighted by Gasteiger charge is -2.29. The Morgan fingerprint density at radius 3 is 1.11 bits per heavy atom. The second-order valence-corrected chi connectivity index (χ2v) is 32.3. The van der Waals surface area contributed by atoms with Gasteiger partial charge in [0.25, 0.3) is 5.91 Å². The largest absolute Gasteiger partial charge is 0.508 e. The summed E-state index contributed by atoms with van der Waals surface area (Å²) in [4.78, 5) is 99.0. The first-order chi connectivity index (χ1) is 60.9. The Balaban J connectivity index is 0.000000182. The van der Waals surface area contributed by atoms with Crippen LogP contribution in [0, 0.1) is 0 Å². The van der Waals surface area contributed by atoms with Crippen LogP contribution in [0.1, 0.15) is 119 Å². The molecule has 0 unspecified atom stereocenters. The zero-order valence-corrected chi connectivity index (χ0v) is 71.4. The Kier molecular flexibility index (Phi) is 36.5. The molecule has 0 spiro atoms. The number of nitrogens with zero attached hydrogens (tertiary/aromatic N) is 6. The molecule has 0 bridgehead atoms. The predicted octanol–water partition coefficient (Wildman–Crippen LogP) is 8.68. The van der Waals surface area contributed by atoms with Gasteiger partial charge in [0.1, 0.15) is 12.4 Å². The Morgan fingerprint density at radius 1 is 0.432 bits per heavy atom. The molecule has 6 amide bonds. The van der Waals surface area contributed by atoms with Crippen molar-refractivity contribution in [1.29, 1.82) is 0 Å². The van der Waals surface area contributed by atoms with Gasteiger partial charge in [-0.25, -0.2) is 0 Å². The van der Waals surface area contributed by atoms with Crippen molar-refractivity contribution >= 4 is 76.8 Å². The van der Waals surface area contributed by atoms with Crippen molar-refractivity contribution < 1.29 is 43.3 Å². The maximum absolute atomic E-state index is 14.0. The molecule has 4 aliphatic rings. The third-order valence-electron chi connectivity index (χ3n) is 22.3. The molecule has 19 N–H and O–H groups in total. The van der Waals surface area contributed by atoms with Crippen LogP contribution in [0.25, 0.3) is 12.2 Å². The second-order valence-electron chi connectivity index (χ2n) is 31.3. The number of ether oxygens (including phenoxy) is 2. The molecule has 5 heterocycles. The Labute approximate surface area is 736 Å². The quantitative estimate of drug-likeness (QED) is 0.00764. The molecule has 27 nitrogen and oxygen atoms in total. The van der Waals surface area contributed by atoms with E-state index in [1.807, 2.05) is 166 Å². The number of hydrogen-bond acceptors (Lipinski definition) is 16. The highest BCUT2D eigenvalue weighted by molar-refractivity contribution is 7.10. The molecule has 3 fully saturated rings. The van der Waals surface area contributed by atoms with Crippen molar-refractivity contribution in [3.05, 3.63) is 304 Å². The first kappa shape index (κ1) is 92.6. The molecule has 28 heteroatoms. The standard InChI is InChI=1S/C33H40N6O4.C33H40N6O3.C31H38N6O2S/c34-33(35)36-18-9-14-27-32(41)39(21-26(23-10-3-1-4-11-23)24-12-5-2-6-13-24)19-17-25(38-27)20-37-31(40)30-22-42-28-15-7-8-16-29(28)43-30;34-33(35)36-20-7-12-30-32(42)39(23-29(25-8-3-1-4-9-25)26-10-5-2-6-11-26)21-19-27(38-30)22-37-31(41)18-15-24-13-16-28(40)17-14-24;32-31(33)34-18-7-14-28-30(39)37(22-27(23-9-3-1-4-10-23)24-11-5-2-6-12-24)19-17-25(36-28)21-35-29(38)16-15-26-13-8-20-40-26/h1-8,10-13,15-16,25-27,30,38H,9,14,17-22H2,(H,37,40)(H4,34,35,36);1-6,8-11,13-18,27,29-30,38,40H,7,12,19-23H2,(H,37,41)(H4,34,35,36);1-6,8-13,15-16,20,25,27-28,36H,7,14,17-19,21-22H2,(H,35,38)(H4,32,33,34)/b;18-15+;16-15+/t25-,27-,30+;27-,30-;25-,28-/m000/s1. The highest BCUT2D eigenvalue weighted by atomic mass is 32.1. The third kappa shape index (κ3) is 30.1. The van der Waals surface area contributed by atoms with Crippen LogP contribution >= 0.6 is 11.3 Å². The minimum absolute atomic E-state index is 0.0243. The van der Waals surface area contributed by atoms with Crippen LogP contribution in [0.5, 0.6) is 17.2 Å². The number of nitrogens with two attached hydrogens (primary N) is 6. The molecule has 0 radical (unpaired) electrons. The fourth-order valence-electron chi connectivity index (χ4n) is 15.7. The highest BCUT2D eigenvalue weighted by Crippen LogP contribution is 2.34. The Morgan fingerprint density at radius 2 is 0.768 bits per heavy atom. The maximum Gasteiger partial charge on any atom is 0.264 e. The molecule has 1 aromatic heterocycles. The van der Waals surface area contributed by atoms with Gasteiger partial charge in [0.2, 0.25) is 35.6 Å². The number of para-hydroxylation sites is 2.